The van der Waals surface area contributed by atoms with Gasteiger partial charge in [0.25, 0.3) is 0 Å². The van der Waals surface area contributed by atoms with E-state index in [1.165, 1.54) is 12.1 Å². The summed E-state index contributed by atoms with van der Waals surface area (Å²) in [6.45, 7) is 5.90. The number of anilines is 2. The highest BCUT2D eigenvalue weighted by Gasteiger charge is 2.21. The number of hydrogen-bond acceptors (Lipinski definition) is 3. The van der Waals surface area contributed by atoms with Gasteiger partial charge in [-0.05, 0) is 49.5 Å². The number of rotatable bonds is 4. The Morgan fingerprint density at radius 3 is 2.62 bits per heavy atom. The van der Waals surface area contributed by atoms with E-state index in [4.69, 9.17) is 28.6 Å². The molecule has 1 saturated heterocycles. The summed E-state index contributed by atoms with van der Waals surface area (Å²) in [4.78, 5) is 4.41. The molecule has 7 heteroatoms. The molecule has 0 amide bonds. The van der Waals surface area contributed by atoms with Crippen molar-refractivity contribution in [2.24, 2.45) is 0 Å². The molecule has 1 heterocycles. The van der Waals surface area contributed by atoms with Crippen LogP contribution in [0.5, 0.6) is 5.75 Å². The van der Waals surface area contributed by atoms with Gasteiger partial charge in [0.15, 0.2) is 5.11 Å². The summed E-state index contributed by atoms with van der Waals surface area (Å²) >= 11 is 11.3. The lowest BCUT2D eigenvalue weighted by molar-refractivity contribution is 0.336. The fraction of sp³-hybridized carbons (Fsp3) is 0.316. The molecule has 138 valence electrons. The van der Waals surface area contributed by atoms with Crippen molar-refractivity contribution in [3.63, 3.8) is 0 Å². The van der Waals surface area contributed by atoms with E-state index in [1.807, 2.05) is 25.1 Å². The number of nitrogens with zero attached hydrogens (tertiary/aromatic N) is 2. The lowest BCUT2D eigenvalue weighted by atomic mass is 10.2. The summed E-state index contributed by atoms with van der Waals surface area (Å²) in [5.41, 5.74) is 1.80. The van der Waals surface area contributed by atoms with Crippen LogP contribution < -0.4 is 15.0 Å². The van der Waals surface area contributed by atoms with E-state index < -0.39 is 5.82 Å². The maximum Gasteiger partial charge on any atom is 0.173 e. The smallest absolute Gasteiger partial charge is 0.173 e. The van der Waals surface area contributed by atoms with Crippen molar-refractivity contribution in [1.29, 1.82) is 0 Å². The van der Waals surface area contributed by atoms with Crippen LogP contribution in [0.4, 0.5) is 15.8 Å². The molecule has 0 aromatic heterocycles. The Kier molecular flexibility index (Phi) is 6.16. The highest BCUT2D eigenvalue weighted by Crippen LogP contribution is 2.29. The van der Waals surface area contributed by atoms with Gasteiger partial charge in [0.1, 0.15) is 11.6 Å². The van der Waals surface area contributed by atoms with Crippen molar-refractivity contribution >= 4 is 40.3 Å². The van der Waals surface area contributed by atoms with Gasteiger partial charge in [-0.25, -0.2) is 4.39 Å². The molecule has 0 aliphatic carbocycles. The average Bonchev–Trinajstić information content (AvgIpc) is 2.66. The molecule has 0 bridgehead atoms. The zero-order valence-electron chi connectivity index (χ0n) is 14.5. The highest BCUT2D eigenvalue weighted by atomic mass is 35.5. The van der Waals surface area contributed by atoms with Gasteiger partial charge >= 0.3 is 0 Å². The molecule has 1 fully saturated rings. The number of halogens is 2. The first-order valence-corrected chi connectivity index (χ1v) is 9.35. The Morgan fingerprint density at radius 2 is 1.92 bits per heavy atom. The third-order valence-corrected chi connectivity index (χ3v) is 4.89. The van der Waals surface area contributed by atoms with Gasteiger partial charge in [0.05, 0.1) is 17.3 Å². The third kappa shape index (κ3) is 4.37. The normalized spacial score (nSPS) is 14.3. The van der Waals surface area contributed by atoms with Gasteiger partial charge in [-0.2, -0.15) is 0 Å². The van der Waals surface area contributed by atoms with Crippen molar-refractivity contribution in [3.8, 4) is 5.75 Å². The standard InChI is InChI=1S/C19H21ClFN3OS/c1-2-25-18-6-4-3-5-17(18)23-9-11-24(12-10-23)19(26)22-14-7-8-16(21)15(20)13-14/h3-8,13H,2,9-12H2,1H3,(H,22,26). The zero-order chi connectivity index (χ0) is 18.5. The molecule has 1 aliphatic heterocycles. The van der Waals surface area contributed by atoms with Crippen LogP contribution in [0.15, 0.2) is 42.5 Å². The Labute approximate surface area is 163 Å². The van der Waals surface area contributed by atoms with E-state index in [2.05, 4.69) is 21.2 Å². The number of benzene rings is 2. The van der Waals surface area contributed by atoms with Crippen LogP contribution in [0.25, 0.3) is 0 Å². The molecule has 2 aromatic carbocycles. The largest absolute Gasteiger partial charge is 0.492 e. The molecule has 1 aliphatic rings. The van der Waals surface area contributed by atoms with Crippen LogP contribution >= 0.6 is 23.8 Å². The van der Waals surface area contributed by atoms with Gasteiger partial charge in [-0.1, -0.05) is 23.7 Å². The van der Waals surface area contributed by atoms with Gasteiger partial charge in [-0.15, -0.1) is 0 Å². The number of piperazine rings is 1. The van der Waals surface area contributed by atoms with Gasteiger partial charge < -0.3 is 19.9 Å². The Bertz CT molecular complexity index is 781. The van der Waals surface area contributed by atoms with E-state index >= 15 is 0 Å². The minimum atomic E-state index is -0.440. The quantitative estimate of drug-likeness (QED) is 0.777. The number of thiocarbonyl (C=S) groups is 1. The molecule has 26 heavy (non-hydrogen) atoms. The number of para-hydroxylation sites is 2. The van der Waals surface area contributed by atoms with Crippen molar-refractivity contribution in [3.05, 3.63) is 53.3 Å². The molecule has 3 rings (SSSR count). The molecule has 0 saturated carbocycles. The highest BCUT2D eigenvalue weighted by molar-refractivity contribution is 7.80. The molecule has 0 atom stereocenters. The Morgan fingerprint density at radius 1 is 1.19 bits per heavy atom. The maximum atomic E-state index is 13.3. The van der Waals surface area contributed by atoms with Crippen LogP contribution in [0, 0.1) is 5.82 Å². The number of hydrogen-bond donors (Lipinski definition) is 1. The third-order valence-electron chi connectivity index (χ3n) is 4.24. The minimum absolute atomic E-state index is 0.0788. The van der Waals surface area contributed by atoms with Gasteiger partial charge in [-0.3, -0.25) is 0 Å². The second kappa shape index (κ2) is 8.56. The van der Waals surface area contributed by atoms with E-state index in [0.29, 0.717) is 17.4 Å². The molecular formula is C19H21ClFN3OS. The molecular weight excluding hydrogens is 373 g/mol. The second-order valence-electron chi connectivity index (χ2n) is 5.93. The monoisotopic (exact) mass is 393 g/mol. The van der Waals surface area contributed by atoms with Crippen molar-refractivity contribution in [2.45, 2.75) is 6.92 Å². The average molecular weight is 394 g/mol. The molecule has 1 N–H and O–H groups in total. The first-order valence-electron chi connectivity index (χ1n) is 8.56. The van der Waals surface area contributed by atoms with Crippen LogP contribution in [-0.2, 0) is 0 Å². The minimum Gasteiger partial charge on any atom is -0.492 e. The Hall–Kier alpha value is -2.05. The molecule has 0 unspecified atom stereocenters. The molecule has 4 nitrogen and oxygen atoms in total. The van der Waals surface area contributed by atoms with Gasteiger partial charge in [0.2, 0.25) is 0 Å². The first kappa shape index (κ1) is 18.7. The second-order valence-corrected chi connectivity index (χ2v) is 6.73. The lowest BCUT2D eigenvalue weighted by Crippen LogP contribution is -2.50. The van der Waals surface area contributed by atoms with Crippen LogP contribution in [0.2, 0.25) is 5.02 Å². The first-order chi connectivity index (χ1) is 12.6. The number of ether oxygens (including phenoxy) is 1. The van der Waals surface area contributed by atoms with E-state index in [1.54, 1.807) is 6.07 Å². The van der Waals surface area contributed by atoms with Crippen molar-refractivity contribution < 1.29 is 9.13 Å². The van der Waals surface area contributed by atoms with Crippen LogP contribution in [0.1, 0.15) is 6.92 Å². The van der Waals surface area contributed by atoms with Crippen LogP contribution in [-0.4, -0.2) is 42.8 Å². The van der Waals surface area contributed by atoms with Crippen LogP contribution in [0.3, 0.4) is 0 Å². The lowest BCUT2D eigenvalue weighted by Gasteiger charge is -2.38. The fourth-order valence-electron chi connectivity index (χ4n) is 2.92. The predicted octanol–water partition coefficient (Wildman–Crippen LogP) is 4.40. The summed E-state index contributed by atoms with van der Waals surface area (Å²) in [5.74, 6) is 0.467. The van der Waals surface area contributed by atoms with Crippen molar-refractivity contribution in [1.82, 2.24) is 4.90 Å². The van der Waals surface area contributed by atoms with Crippen molar-refractivity contribution in [2.75, 3.05) is 43.0 Å². The fourth-order valence-corrected chi connectivity index (χ4v) is 3.40. The number of nitrogens with one attached hydrogen (secondary N) is 1. The predicted molar refractivity (Wildman–Crippen MR) is 109 cm³/mol. The van der Waals surface area contributed by atoms with E-state index in [-0.39, 0.29) is 5.02 Å². The Balaban J connectivity index is 1.59. The zero-order valence-corrected chi connectivity index (χ0v) is 16.1. The summed E-state index contributed by atoms with van der Waals surface area (Å²) in [5, 5.41) is 3.82. The topological polar surface area (TPSA) is 27.7 Å². The molecule has 0 spiro atoms. The van der Waals surface area contributed by atoms with E-state index in [9.17, 15) is 4.39 Å². The summed E-state index contributed by atoms with van der Waals surface area (Å²) in [6.07, 6.45) is 0. The molecule has 0 radical (unpaired) electrons. The summed E-state index contributed by atoms with van der Waals surface area (Å²) in [6, 6.07) is 12.6. The SMILES string of the molecule is CCOc1ccccc1N1CCN(C(=S)Nc2ccc(F)c(Cl)c2)CC1. The summed E-state index contributed by atoms with van der Waals surface area (Å²) in [7, 11) is 0. The summed E-state index contributed by atoms with van der Waals surface area (Å²) < 4.78 is 19.0. The maximum absolute atomic E-state index is 13.3. The molecule has 2 aromatic rings. The van der Waals surface area contributed by atoms with Gasteiger partial charge in [0, 0.05) is 31.9 Å². The van der Waals surface area contributed by atoms with E-state index in [0.717, 1.165) is 37.6 Å².